The van der Waals surface area contributed by atoms with Crippen LogP contribution in [0.25, 0.3) is 0 Å². The summed E-state index contributed by atoms with van der Waals surface area (Å²) in [5.41, 5.74) is 3.78. The first kappa shape index (κ1) is 12.0. The minimum Gasteiger partial charge on any atom is -0.508 e. The average molecular weight is 238 g/mol. The lowest BCUT2D eigenvalue weighted by atomic mass is 10.1. The maximum Gasteiger partial charge on any atom is 0.115 e. The molecule has 2 aromatic carbocycles. The van der Waals surface area contributed by atoms with Crippen molar-refractivity contribution < 1.29 is 5.11 Å². The zero-order valence-electron chi connectivity index (χ0n) is 10.1. The third-order valence-corrected chi connectivity index (χ3v) is 2.78. The molecule has 2 aromatic rings. The van der Waals surface area contributed by atoms with E-state index in [2.05, 4.69) is 11.4 Å². The molecular weight excluding hydrogens is 224 g/mol. The number of phenolic OH excluding ortho intramolecular Hbond substituents is 1. The van der Waals surface area contributed by atoms with Crippen LogP contribution in [0.4, 0.5) is 5.69 Å². The Morgan fingerprint density at radius 3 is 2.50 bits per heavy atom. The van der Waals surface area contributed by atoms with Gasteiger partial charge in [0.15, 0.2) is 0 Å². The third kappa shape index (κ3) is 2.80. The first-order valence-electron chi connectivity index (χ1n) is 5.71. The molecular formula is C15H14N2O. The Balaban J connectivity index is 2.04. The van der Waals surface area contributed by atoms with Crippen LogP contribution < -0.4 is 5.32 Å². The molecule has 0 radical (unpaired) electrons. The quantitative estimate of drug-likeness (QED) is 0.807. The topological polar surface area (TPSA) is 56.0 Å². The highest BCUT2D eigenvalue weighted by Gasteiger charge is 1.99. The maximum atomic E-state index is 9.32. The van der Waals surface area contributed by atoms with E-state index in [1.54, 1.807) is 24.3 Å². The molecule has 18 heavy (non-hydrogen) atoms. The number of phenols is 1. The molecule has 0 spiro atoms. The molecule has 2 N–H and O–H groups in total. The van der Waals surface area contributed by atoms with Crippen LogP contribution in [0.3, 0.4) is 0 Å². The number of benzene rings is 2. The number of nitriles is 1. The molecule has 0 amide bonds. The number of nitrogens with zero attached hydrogens (tertiary/aromatic N) is 1. The van der Waals surface area contributed by atoms with Gasteiger partial charge in [0.25, 0.3) is 0 Å². The first-order valence-corrected chi connectivity index (χ1v) is 5.71. The molecule has 3 heteroatoms. The van der Waals surface area contributed by atoms with E-state index in [4.69, 9.17) is 5.26 Å². The van der Waals surface area contributed by atoms with E-state index in [1.165, 1.54) is 0 Å². The summed E-state index contributed by atoms with van der Waals surface area (Å²) in [6, 6.07) is 14.8. The fourth-order valence-corrected chi connectivity index (χ4v) is 1.74. The zero-order chi connectivity index (χ0) is 13.0. The normalized spacial score (nSPS) is 9.78. The Hall–Kier alpha value is -2.47. The molecule has 0 fully saturated rings. The van der Waals surface area contributed by atoms with Crippen molar-refractivity contribution in [2.24, 2.45) is 0 Å². The SMILES string of the molecule is Cc1cc(O)ccc1NCc1ccc(C#N)cc1. The molecule has 0 bridgehead atoms. The molecule has 90 valence electrons. The smallest absolute Gasteiger partial charge is 0.115 e. The van der Waals surface area contributed by atoms with Crippen LogP contribution in [0, 0.1) is 18.3 Å². The monoisotopic (exact) mass is 238 g/mol. The van der Waals surface area contributed by atoms with E-state index < -0.39 is 0 Å². The summed E-state index contributed by atoms with van der Waals surface area (Å²) in [6.45, 7) is 2.64. The number of hydrogen-bond acceptors (Lipinski definition) is 3. The predicted molar refractivity (Wildman–Crippen MR) is 71.3 cm³/mol. The lowest BCUT2D eigenvalue weighted by Gasteiger charge is -2.09. The molecule has 3 nitrogen and oxygen atoms in total. The minimum atomic E-state index is 0.274. The van der Waals surface area contributed by atoms with Crippen molar-refractivity contribution in [1.29, 1.82) is 5.26 Å². The Kier molecular flexibility index (Phi) is 3.49. The molecule has 0 unspecified atom stereocenters. The first-order chi connectivity index (χ1) is 8.69. The molecule has 2 rings (SSSR count). The summed E-state index contributed by atoms with van der Waals surface area (Å²) in [4.78, 5) is 0. The van der Waals surface area contributed by atoms with E-state index in [0.29, 0.717) is 12.1 Å². The van der Waals surface area contributed by atoms with Crippen LogP contribution >= 0.6 is 0 Å². The summed E-state index contributed by atoms with van der Waals surface area (Å²) in [5, 5.41) is 21.3. The second-order valence-corrected chi connectivity index (χ2v) is 4.16. The molecule has 0 saturated heterocycles. The zero-order valence-corrected chi connectivity index (χ0v) is 10.1. The highest BCUT2D eigenvalue weighted by atomic mass is 16.3. The molecule has 0 heterocycles. The standard InChI is InChI=1S/C15H14N2O/c1-11-8-14(18)6-7-15(11)17-10-13-4-2-12(9-16)3-5-13/h2-8,17-18H,10H2,1H3. The summed E-state index contributed by atoms with van der Waals surface area (Å²) in [6.07, 6.45) is 0. The number of anilines is 1. The lowest BCUT2D eigenvalue weighted by molar-refractivity contribution is 0.475. The fourth-order valence-electron chi connectivity index (χ4n) is 1.74. The second-order valence-electron chi connectivity index (χ2n) is 4.16. The Bertz CT molecular complexity index is 582. The van der Waals surface area contributed by atoms with Crippen molar-refractivity contribution in [2.75, 3.05) is 5.32 Å². The second kappa shape index (κ2) is 5.24. The largest absolute Gasteiger partial charge is 0.508 e. The van der Waals surface area contributed by atoms with Crippen LogP contribution in [0.2, 0.25) is 0 Å². The van der Waals surface area contributed by atoms with Gasteiger partial charge in [-0.1, -0.05) is 12.1 Å². The highest BCUT2D eigenvalue weighted by Crippen LogP contribution is 2.20. The van der Waals surface area contributed by atoms with Gasteiger partial charge in [-0.2, -0.15) is 5.26 Å². The van der Waals surface area contributed by atoms with Crippen molar-refractivity contribution in [3.05, 3.63) is 59.2 Å². The van der Waals surface area contributed by atoms with Gasteiger partial charge in [-0.3, -0.25) is 0 Å². The molecule has 0 aliphatic heterocycles. The van der Waals surface area contributed by atoms with Gasteiger partial charge in [-0.05, 0) is 48.4 Å². The summed E-state index contributed by atoms with van der Waals surface area (Å²) in [5.74, 6) is 0.274. The Morgan fingerprint density at radius 2 is 1.89 bits per heavy atom. The van der Waals surface area contributed by atoms with Gasteiger partial charge in [0.05, 0.1) is 11.6 Å². The lowest BCUT2D eigenvalue weighted by Crippen LogP contribution is -2.00. The van der Waals surface area contributed by atoms with Gasteiger partial charge >= 0.3 is 0 Å². The van der Waals surface area contributed by atoms with Crippen molar-refractivity contribution in [1.82, 2.24) is 0 Å². The number of aromatic hydroxyl groups is 1. The van der Waals surface area contributed by atoms with Gasteiger partial charge in [0.2, 0.25) is 0 Å². The van der Waals surface area contributed by atoms with E-state index in [9.17, 15) is 5.11 Å². The predicted octanol–water partition coefficient (Wildman–Crippen LogP) is 3.18. The van der Waals surface area contributed by atoms with Crippen molar-refractivity contribution in [3.63, 3.8) is 0 Å². The molecule has 0 atom stereocenters. The number of rotatable bonds is 3. The number of nitrogens with one attached hydrogen (secondary N) is 1. The van der Waals surface area contributed by atoms with Crippen molar-refractivity contribution >= 4 is 5.69 Å². The summed E-state index contributed by atoms with van der Waals surface area (Å²) in [7, 11) is 0. The van der Waals surface area contributed by atoms with E-state index in [-0.39, 0.29) is 5.75 Å². The molecule has 0 aliphatic carbocycles. The van der Waals surface area contributed by atoms with Crippen LogP contribution in [-0.2, 0) is 6.54 Å². The Morgan fingerprint density at radius 1 is 1.17 bits per heavy atom. The van der Waals surface area contributed by atoms with Crippen LogP contribution in [-0.4, -0.2) is 5.11 Å². The average Bonchev–Trinajstić information content (AvgIpc) is 2.38. The highest BCUT2D eigenvalue weighted by molar-refractivity contribution is 5.53. The van der Waals surface area contributed by atoms with Crippen molar-refractivity contribution in [3.8, 4) is 11.8 Å². The van der Waals surface area contributed by atoms with Gasteiger partial charge in [0, 0.05) is 12.2 Å². The van der Waals surface area contributed by atoms with Gasteiger partial charge in [-0.15, -0.1) is 0 Å². The number of hydrogen-bond donors (Lipinski definition) is 2. The minimum absolute atomic E-state index is 0.274. The van der Waals surface area contributed by atoms with Crippen LogP contribution in [0.1, 0.15) is 16.7 Å². The van der Waals surface area contributed by atoms with Gasteiger partial charge in [0.1, 0.15) is 5.75 Å². The summed E-state index contributed by atoms with van der Waals surface area (Å²) < 4.78 is 0. The van der Waals surface area contributed by atoms with E-state index in [0.717, 1.165) is 16.8 Å². The van der Waals surface area contributed by atoms with E-state index >= 15 is 0 Å². The van der Waals surface area contributed by atoms with Gasteiger partial charge in [-0.25, -0.2) is 0 Å². The Labute approximate surface area is 106 Å². The van der Waals surface area contributed by atoms with Crippen molar-refractivity contribution in [2.45, 2.75) is 13.5 Å². The number of aryl methyl sites for hydroxylation is 1. The molecule has 0 saturated carbocycles. The summed E-state index contributed by atoms with van der Waals surface area (Å²) >= 11 is 0. The third-order valence-electron chi connectivity index (χ3n) is 2.78. The van der Waals surface area contributed by atoms with Gasteiger partial charge < -0.3 is 10.4 Å². The van der Waals surface area contributed by atoms with Crippen LogP contribution in [0.5, 0.6) is 5.75 Å². The maximum absolute atomic E-state index is 9.32. The van der Waals surface area contributed by atoms with Crippen LogP contribution in [0.15, 0.2) is 42.5 Å². The molecule has 0 aromatic heterocycles. The van der Waals surface area contributed by atoms with E-state index in [1.807, 2.05) is 25.1 Å². The molecule has 0 aliphatic rings. The fraction of sp³-hybridized carbons (Fsp3) is 0.133.